The van der Waals surface area contributed by atoms with Crippen molar-refractivity contribution < 1.29 is 27.2 Å². The summed E-state index contributed by atoms with van der Waals surface area (Å²) in [4.78, 5) is 16.1. The summed E-state index contributed by atoms with van der Waals surface area (Å²) in [5, 5.41) is 6.70. The predicted molar refractivity (Wildman–Crippen MR) is 70.7 cm³/mol. The summed E-state index contributed by atoms with van der Waals surface area (Å²) in [7, 11) is 1.04. The van der Waals surface area contributed by atoms with Gasteiger partial charge in [0.1, 0.15) is 11.5 Å². The average molecular weight is 330 g/mol. The van der Waals surface area contributed by atoms with Gasteiger partial charge in [0.15, 0.2) is 11.5 Å². The van der Waals surface area contributed by atoms with Crippen molar-refractivity contribution in [1.82, 2.24) is 9.78 Å². The van der Waals surface area contributed by atoms with Crippen LogP contribution in [-0.2, 0) is 18.1 Å². The monoisotopic (exact) mass is 330 g/mol. The molecule has 2 aromatic rings. The van der Waals surface area contributed by atoms with Crippen LogP contribution in [-0.4, -0.2) is 21.6 Å². The molecular weight excluding hydrogens is 320 g/mol. The molecule has 0 aliphatic carbocycles. The van der Waals surface area contributed by atoms with E-state index in [-0.39, 0.29) is 11.4 Å². The highest BCUT2D eigenvalue weighted by Gasteiger charge is 2.36. The molecule has 0 saturated carbocycles. The number of aryl methyl sites for hydroxylation is 1. The second-order valence-corrected chi connectivity index (χ2v) is 4.40. The van der Waals surface area contributed by atoms with Crippen LogP contribution in [0.4, 0.5) is 17.6 Å². The van der Waals surface area contributed by atoms with E-state index in [1.165, 1.54) is 12.1 Å². The van der Waals surface area contributed by atoms with Crippen LogP contribution in [0.1, 0.15) is 21.7 Å². The van der Waals surface area contributed by atoms with Crippen LogP contribution in [0.15, 0.2) is 35.5 Å². The number of amidine groups is 1. The minimum atomic E-state index is -4.66. The Morgan fingerprint density at radius 2 is 1.91 bits per heavy atom. The molecule has 0 spiro atoms. The first-order valence-corrected chi connectivity index (χ1v) is 6.10. The first kappa shape index (κ1) is 16.5. The Morgan fingerprint density at radius 3 is 2.43 bits per heavy atom. The number of aromatic nitrogens is 2. The molecule has 122 valence electrons. The van der Waals surface area contributed by atoms with Crippen LogP contribution in [0.5, 0.6) is 0 Å². The van der Waals surface area contributed by atoms with Crippen molar-refractivity contribution in [2.75, 3.05) is 0 Å². The van der Waals surface area contributed by atoms with Crippen LogP contribution in [0.25, 0.3) is 0 Å². The molecule has 6 nitrogen and oxygen atoms in total. The summed E-state index contributed by atoms with van der Waals surface area (Å²) >= 11 is 0. The van der Waals surface area contributed by atoms with Crippen molar-refractivity contribution in [3.8, 4) is 0 Å². The average Bonchev–Trinajstić information content (AvgIpc) is 2.87. The normalized spacial score (nSPS) is 12.3. The van der Waals surface area contributed by atoms with Crippen LogP contribution in [0.2, 0.25) is 0 Å². The third-order valence-electron chi connectivity index (χ3n) is 2.75. The highest BCUT2D eigenvalue weighted by atomic mass is 19.4. The van der Waals surface area contributed by atoms with Crippen molar-refractivity contribution in [1.29, 1.82) is 0 Å². The van der Waals surface area contributed by atoms with E-state index in [9.17, 15) is 22.4 Å². The smallest absolute Gasteiger partial charge is 0.380 e. The SMILES string of the molecule is Cn1nc(C(=O)O/N=C(\N)c2ccc(F)cc2)cc1C(F)(F)F. The lowest BCUT2D eigenvalue weighted by Crippen LogP contribution is -2.15. The fourth-order valence-electron chi connectivity index (χ4n) is 1.64. The number of nitrogens with two attached hydrogens (primary N) is 1. The number of carbonyl (C=O) groups is 1. The lowest BCUT2D eigenvalue weighted by molar-refractivity contribution is -0.143. The molecular formula is C13H10F4N4O2. The molecule has 0 radical (unpaired) electrons. The van der Waals surface area contributed by atoms with E-state index >= 15 is 0 Å². The molecule has 0 unspecified atom stereocenters. The molecule has 1 aromatic heterocycles. The largest absolute Gasteiger partial charge is 0.433 e. The Kier molecular flexibility index (Phi) is 4.34. The molecule has 1 aromatic carbocycles. The van der Waals surface area contributed by atoms with Crippen molar-refractivity contribution >= 4 is 11.8 Å². The van der Waals surface area contributed by atoms with Gasteiger partial charge in [-0.3, -0.25) is 4.68 Å². The maximum atomic E-state index is 12.8. The quantitative estimate of drug-likeness (QED) is 0.307. The molecule has 23 heavy (non-hydrogen) atoms. The zero-order valence-electron chi connectivity index (χ0n) is 11.6. The fourth-order valence-corrected chi connectivity index (χ4v) is 1.64. The third-order valence-corrected chi connectivity index (χ3v) is 2.75. The first-order chi connectivity index (χ1) is 10.7. The second kappa shape index (κ2) is 6.07. The summed E-state index contributed by atoms with van der Waals surface area (Å²) in [5.41, 5.74) is 4.11. The predicted octanol–water partition coefficient (Wildman–Crippen LogP) is 2.06. The number of halogens is 4. The van der Waals surface area contributed by atoms with Crippen LogP contribution in [0.3, 0.4) is 0 Å². The zero-order chi connectivity index (χ0) is 17.2. The van der Waals surface area contributed by atoms with Crippen LogP contribution >= 0.6 is 0 Å². The Morgan fingerprint density at radius 1 is 1.30 bits per heavy atom. The highest BCUT2D eigenvalue weighted by molar-refractivity contribution is 5.97. The molecule has 0 aliphatic heterocycles. The van der Waals surface area contributed by atoms with Gasteiger partial charge in [-0.15, -0.1) is 0 Å². The van der Waals surface area contributed by atoms with Gasteiger partial charge in [-0.1, -0.05) is 5.16 Å². The van der Waals surface area contributed by atoms with Gasteiger partial charge >= 0.3 is 12.1 Å². The highest BCUT2D eigenvalue weighted by Crippen LogP contribution is 2.29. The van der Waals surface area contributed by atoms with Gasteiger partial charge in [-0.2, -0.15) is 18.3 Å². The van der Waals surface area contributed by atoms with E-state index in [0.717, 1.165) is 19.2 Å². The Balaban J connectivity index is 2.13. The molecule has 0 amide bonds. The molecule has 0 saturated heterocycles. The summed E-state index contributed by atoms with van der Waals surface area (Å²) in [6.07, 6.45) is -4.66. The van der Waals surface area contributed by atoms with Gasteiger partial charge < -0.3 is 10.6 Å². The first-order valence-electron chi connectivity index (χ1n) is 6.10. The molecule has 10 heteroatoms. The third kappa shape index (κ3) is 3.84. The van der Waals surface area contributed by atoms with E-state index in [4.69, 9.17) is 5.73 Å². The van der Waals surface area contributed by atoms with E-state index in [0.29, 0.717) is 10.7 Å². The number of hydrogen-bond donors (Lipinski definition) is 1. The van der Waals surface area contributed by atoms with E-state index in [1.807, 2.05) is 0 Å². The lowest BCUT2D eigenvalue weighted by atomic mass is 10.2. The van der Waals surface area contributed by atoms with Crippen molar-refractivity contribution in [2.24, 2.45) is 17.9 Å². The van der Waals surface area contributed by atoms with Crippen molar-refractivity contribution in [3.63, 3.8) is 0 Å². The molecule has 0 fully saturated rings. The number of alkyl halides is 3. The van der Waals surface area contributed by atoms with Gasteiger partial charge in [-0.25, -0.2) is 9.18 Å². The zero-order valence-corrected chi connectivity index (χ0v) is 11.6. The molecule has 0 aliphatic rings. The number of oxime groups is 1. The summed E-state index contributed by atoms with van der Waals surface area (Å²) < 4.78 is 51.1. The summed E-state index contributed by atoms with van der Waals surface area (Å²) in [6, 6.07) is 5.36. The molecule has 2 N–H and O–H groups in total. The summed E-state index contributed by atoms with van der Waals surface area (Å²) in [6.45, 7) is 0. The van der Waals surface area contributed by atoms with E-state index < -0.39 is 29.4 Å². The Hall–Kier alpha value is -2.91. The Bertz CT molecular complexity index is 750. The molecule has 1 heterocycles. The fraction of sp³-hybridized carbons (Fsp3) is 0.154. The number of nitrogens with zero attached hydrogens (tertiary/aromatic N) is 3. The number of hydrogen-bond acceptors (Lipinski definition) is 4. The standard InChI is InChI=1S/C13H10F4N4O2/c1-21-10(13(15,16)17)6-9(19-21)12(22)23-20-11(18)7-2-4-8(14)5-3-7/h2-6H,1H3,(H2,18,20). The van der Waals surface area contributed by atoms with Gasteiger partial charge in [0.2, 0.25) is 0 Å². The molecule has 0 bridgehead atoms. The number of carbonyl (C=O) groups excluding carboxylic acids is 1. The minimum absolute atomic E-state index is 0.245. The Labute approximate surface area is 127 Å². The van der Waals surface area contributed by atoms with Gasteiger partial charge in [0, 0.05) is 18.7 Å². The van der Waals surface area contributed by atoms with Crippen molar-refractivity contribution in [2.45, 2.75) is 6.18 Å². The minimum Gasteiger partial charge on any atom is -0.380 e. The topological polar surface area (TPSA) is 82.5 Å². The maximum absolute atomic E-state index is 12.8. The van der Waals surface area contributed by atoms with Crippen LogP contribution in [0, 0.1) is 5.82 Å². The van der Waals surface area contributed by atoms with Gasteiger partial charge in [-0.05, 0) is 24.3 Å². The number of rotatable bonds is 3. The maximum Gasteiger partial charge on any atom is 0.433 e. The van der Waals surface area contributed by atoms with Crippen molar-refractivity contribution in [3.05, 3.63) is 53.1 Å². The molecule has 2 rings (SSSR count). The summed E-state index contributed by atoms with van der Waals surface area (Å²) in [5.74, 6) is -1.95. The van der Waals surface area contributed by atoms with E-state index in [2.05, 4.69) is 15.1 Å². The van der Waals surface area contributed by atoms with Crippen LogP contribution < -0.4 is 5.73 Å². The van der Waals surface area contributed by atoms with E-state index in [1.54, 1.807) is 0 Å². The molecule has 0 atom stereocenters. The van der Waals surface area contributed by atoms with Gasteiger partial charge in [0.25, 0.3) is 0 Å². The number of benzene rings is 1. The lowest BCUT2D eigenvalue weighted by Gasteiger charge is -2.04. The second-order valence-electron chi connectivity index (χ2n) is 4.40. The van der Waals surface area contributed by atoms with Gasteiger partial charge in [0.05, 0.1) is 0 Å².